The van der Waals surface area contributed by atoms with Gasteiger partial charge in [-0.2, -0.15) is 0 Å². The molecule has 0 aliphatic carbocycles. The molecule has 0 aliphatic rings. The molecule has 0 amide bonds. The molecule has 0 atom stereocenters. The van der Waals surface area contributed by atoms with Crippen molar-refractivity contribution in [1.82, 2.24) is 9.38 Å². The topological polar surface area (TPSA) is 52.8 Å². The lowest BCUT2D eigenvalue weighted by molar-refractivity contribution is 0.216. The first kappa shape index (κ1) is 20.5. The second-order valence-electron chi connectivity index (χ2n) is 7.31. The Bertz CT molecular complexity index is 1520. The minimum Gasteiger partial charge on any atom is -0.490 e. The average Bonchev–Trinajstić information content (AvgIpc) is 3.30. The fraction of sp³-hybridized carbons (Fsp3) is 0.120. The number of benzene rings is 3. The van der Waals surface area contributed by atoms with E-state index in [0.717, 1.165) is 33.7 Å². The maximum absolute atomic E-state index is 12.9. The van der Waals surface area contributed by atoms with Crippen molar-refractivity contribution in [3.63, 3.8) is 0 Å². The predicted molar refractivity (Wildman–Crippen MR) is 129 cm³/mol. The number of aryl methyl sites for hydroxylation is 1. The van der Waals surface area contributed by atoms with Crippen LogP contribution in [0.4, 0.5) is 0 Å². The van der Waals surface area contributed by atoms with Gasteiger partial charge in [-0.1, -0.05) is 47.2 Å². The number of hydrogen-bond donors (Lipinski definition) is 0. The van der Waals surface area contributed by atoms with Crippen molar-refractivity contribution in [2.24, 2.45) is 0 Å². The molecule has 5 aromatic rings. The average molecular weight is 463 g/mol. The number of para-hydroxylation sites is 2. The van der Waals surface area contributed by atoms with Gasteiger partial charge < -0.3 is 9.47 Å². The van der Waals surface area contributed by atoms with E-state index in [1.165, 1.54) is 11.3 Å². The van der Waals surface area contributed by atoms with E-state index < -0.39 is 0 Å². The van der Waals surface area contributed by atoms with Crippen LogP contribution in [0.25, 0.3) is 22.1 Å². The molecule has 2 heterocycles. The van der Waals surface area contributed by atoms with Crippen LogP contribution in [0.5, 0.6) is 11.5 Å². The molecule has 5 nitrogen and oxygen atoms in total. The van der Waals surface area contributed by atoms with E-state index in [9.17, 15) is 4.79 Å². The Kier molecular flexibility index (Phi) is 5.55. The van der Waals surface area contributed by atoms with Gasteiger partial charge in [0.2, 0.25) is 0 Å². The Morgan fingerprint density at radius 3 is 2.62 bits per heavy atom. The quantitative estimate of drug-likeness (QED) is 0.338. The summed E-state index contributed by atoms with van der Waals surface area (Å²) in [6, 6.07) is 20.8. The van der Waals surface area contributed by atoms with Crippen molar-refractivity contribution in [3.8, 4) is 11.5 Å². The molecule has 0 bridgehead atoms. The number of nitrogens with zero attached hydrogens (tertiary/aromatic N) is 2. The Morgan fingerprint density at radius 2 is 1.81 bits per heavy atom. The van der Waals surface area contributed by atoms with E-state index >= 15 is 0 Å². The summed E-state index contributed by atoms with van der Waals surface area (Å²) in [6.45, 7) is 2.81. The van der Waals surface area contributed by atoms with Crippen LogP contribution in [-0.2, 0) is 0 Å². The standard InChI is InChI=1S/C25H19ClN2O3S/c1-16-14-18(26)8-11-22(16)31-13-12-30-19-9-6-17(7-10-19)15-23-24(29)28-21-5-3-2-4-20(21)27-25(28)32-23/h2-11,14-15H,12-13H2,1H3/b23-15-. The van der Waals surface area contributed by atoms with Crippen LogP contribution in [0.15, 0.2) is 71.5 Å². The SMILES string of the molecule is Cc1cc(Cl)ccc1OCCOc1ccc(/C=c2\sc3nc4ccccc4n3c2=O)cc1. The van der Waals surface area contributed by atoms with E-state index in [1.54, 1.807) is 10.5 Å². The zero-order chi connectivity index (χ0) is 22.1. The first-order valence-electron chi connectivity index (χ1n) is 10.1. The number of ether oxygens (including phenoxy) is 2. The minimum atomic E-state index is -0.0475. The number of imidazole rings is 1. The van der Waals surface area contributed by atoms with Gasteiger partial charge in [0.05, 0.1) is 15.6 Å². The van der Waals surface area contributed by atoms with Gasteiger partial charge in [0, 0.05) is 5.02 Å². The lowest BCUT2D eigenvalue weighted by Crippen LogP contribution is -2.22. The van der Waals surface area contributed by atoms with Gasteiger partial charge in [-0.3, -0.25) is 4.79 Å². The highest BCUT2D eigenvalue weighted by atomic mass is 35.5. The van der Waals surface area contributed by atoms with Crippen LogP contribution < -0.4 is 19.6 Å². The minimum absolute atomic E-state index is 0.0475. The highest BCUT2D eigenvalue weighted by Crippen LogP contribution is 2.22. The number of rotatable bonds is 6. The molecule has 0 N–H and O–H groups in total. The normalized spacial score (nSPS) is 12.0. The second-order valence-corrected chi connectivity index (χ2v) is 8.76. The van der Waals surface area contributed by atoms with Crippen molar-refractivity contribution in [3.05, 3.63) is 97.8 Å². The summed E-state index contributed by atoms with van der Waals surface area (Å²) in [4.78, 5) is 18.1. The lowest BCUT2D eigenvalue weighted by Gasteiger charge is -2.10. The summed E-state index contributed by atoms with van der Waals surface area (Å²) in [5.41, 5.74) is 3.54. The van der Waals surface area contributed by atoms with E-state index in [1.807, 2.05) is 73.7 Å². The number of hydrogen-bond acceptors (Lipinski definition) is 5. The zero-order valence-electron chi connectivity index (χ0n) is 17.2. The zero-order valence-corrected chi connectivity index (χ0v) is 18.8. The molecular weight excluding hydrogens is 444 g/mol. The van der Waals surface area contributed by atoms with Crippen molar-refractivity contribution in [2.45, 2.75) is 6.92 Å². The van der Waals surface area contributed by atoms with Crippen LogP contribution in [-0.4, -0.2) is 22.6 Å². The third kappa shape index (κ3) is 4.07. The highest BCUT2D eigenvalue weighted by Gasteiger charge is 2.10. The molecule has 2 aromatic heterocycles. The van der Waals surface area contributed by atoms with Crippen molar-refractivity contribution in [1.29, 1.82) is 0 Å². The fourth-order valence-corrected chi connectivity index (χ4v) is 4.72. The monoisotopic (exact) mass is 462 g/mol. The molecule has 0 saturated heterocycles. The lowest BCUT2D eigenvalue weighted by atomic mass is 10.2. The molecule has 160 valence electrons. The van der Waals surface area contributed by atoms with E-state index in [4.69, 9.17) is 21.1 Å². The summed E-state index contributed by atoms with van der Waals surface area (Å²) >= 11 is 7.36. The highest BCUT2D eigenvalue weighted by molar-refractivity contribution is 7.15. The molecule has 0 unspecified atom stereocenters. The number of fused-ring (bicyclic) bond motifs is 3. The smallest absolute Gasteiger partial charge is 0.274 e. The number of halogens is 1. The van der Waals surface area contributed by atoms with E-state index in [0.29, 0.717) is 27.7 Å². The molecule has 0 spiro atoms. The van der Waals surface area contributed by atoms with Crippen LogP contribution in [0, 0.1) is 6.92 Å². The molecule has 0 fully saturated rings. The van der Waals surface area contributed by atoms with Crippen molar-refractivity contribution >= 4 is 45.0 Å². The van der Waals surface area contributed by atoms with Crippen LogP contribution >= 0.6 is 22.9 Å². The maximum Gasteiger partial charge on any atom is 0.274 e. The van der Waals surface area contributed by atoms with E-state index in [2.05, 4.69) is 4.98 Å². The summed E-state index contributed by atoms with van der Waals surface area (Å²) in [7, 11) is 0. The summed E-state index contributed by atoms with van der Waals surface area (Å²) < 4.78 is 13.8. The Morgan fingerprint density at radius 1 is 1.03 bits per heavy atom. The molecule has 3 aromatic carbocycles. The molecule has 0 saturated carbocycles. The molecular formula is C25H19ClN2O3S. The Hall–Kier alpha value is -3.35. The van der Waals surface area contributed by atoms with Crippen LogP contribution in [0.1, 0.15) is 11.1 Å². The second kappa shape index (κ2) is 8.65. The van der Waals surface area contributed by atoms with Crippen LogP contribution in [0.2, 0.25) is 5.02 Å². The molecule has 0 aliphatic heterocycles. The predicted octanol–water partition coefficient (Wildman–Crippen LogP) is 4.88. The van der Waals surface area contributed by atoms with Gasteiger partial charge in [-0.05, 0) is 66.6 Å². The third-order valence-electron chi connectivity index (χ3n) is 5.07. The van der Waals surface area contributed by atoms with Gasteiger partial charge in [-0.15, -0.1) is 0 Å². The van der Waals surface area contributed by atoms with Crippen LogP contribution in [0.3, 0.4) is 0 Å². The Labute approximate surface area is 193 Å². The third-order valence-corrected chi connectivity index (χ3v) is 6.27. The molecule has 5 rings (SSSR count). The fourth-order valence-electron chi connectivity index (χ4n) is 3.51. The van der Waals surface area contributed by atoms with Gasteiger partial charge in [-0.25, -0.2) is 9.38 Å². The van der Waals surface area contributed by atoms with Gasteiger partial charge in [0.25, 0.3) is 5.56 Å². The largest absolute Gasteiger partial charge is 0.490 e. The number of aromatic nitrogens is 2. The van der Waals surface area contributed by atoms with Gasteiger partial charge >= 0.3 is 0 Å². The van der Waals surface area contributed by atoms with Crippen molar-refractivity contribution < 1.29 is 9.47 Å². The summed E-state index contributed by atoms with van der Waals surface area (Å²) in [6.07, 6.45) is 1.88. The number of thiazole rings is 1. The summed E-state index contributed by atoms with van der Waals surface area (Å²) in [5.74, 6) is 1.54. The van der Waals surface area contributed by atoms with Crippen molar-refractivity contribution in [2.75, 3.05) is 13.2 Å². The van der Waals surface area contributed by atoms with Gasteiger partial charge in [0.1, 0.15) is 24.7 Å². The summed E-state index contributed by atoms with van der Waals surface area (Å²) in [5, 5.41) is 0.692. The molecule has 7 heteroatoms. The first-order chi connectivity index (χ1) is 15.6. The van der Waals surface area contributed by atoms with Gasteiger partial charge in [0.15, 0.2) is 4.96 Å². The molecule has 0 radical (unpaired) electrons. The Balaban J connectivity index is 1.26. The van der Waals surface area contributed by atoms with E-state index in [-0.39, 0.29) is 5.56 Å². The molecule has 32 heavy (non-hydrogen) atoms. The first-order valence-corrected chi connectivity index (χ1v) is 11.3. The maximum atomic E-state index is 12.9.